The molecule has 2 rings (SSSR count). The Balaban J connectivity index is 2.53. The Morgan fingerprint density at radius 1 is 1.05 bits per heavy atom. The van der Waals surface area contributed by atoms with Crippen LogP contribution in [0.4, 0.5) is 0 Å². The third-order valence-electron chi connectivity index (χ3n) is 3.56. The summed E-state index contributed by atoms with van der Waals surface area (Å²) in [5, 5.41) is 0.596. The normalized spacial score (nSPS) is 10.4. The van der Waals surface area contributed by atoms with E-state index in [9.17, 15) is 4.79 Å². The predicted molar refractivity (Wildman–Crippen MR) is 82.1 cm³/mol. The van der Waals surface area contributed by atoms with Crippen LogP contribution in [0.1, 0.15) is 32.6 Å². The van der Waals surface area contributed by atoms with Gasteiger partial charge in [-0.25, -0.2) is 0 Å². The molecule has 0 saturated heterocycles. The highest BCUT2D eigenvalue weighted by Gasteiger charge is 2.17. The molecule has 0 unspecified atom stereocenters. The van der Waals surface area contributed by atoms with Crippen molar-refractivity contribution in [1.29, 1.82) is 0 Å². The van der Waals surface area contributed by atoms with Gasteiger partial charge in [0.25, 0.3) is 0 Å². The smallest absolute Gasteiger partial charge is 0.196 e. The van der Waals surface area contributed by atoms with Crippen LogP contribution in [0.25, 0.3) is 0 Å². The molecule has 3 heteroatoms. The van der Waals surface area contributed by atoms with Gasteiger partial charge in [-0.2, -0.15) is 0 Å². The molecule has 0 aliphatic carbocycles. The van der Waals surface area contributed by atoms with Gasteiger partial charge in [0.1, 0.15) is 5.75 Å². The molecule has 0 radical (unpaired) electrons. The number of aryl methyl sites for hydroxylation is 2. The average molecular weight is 289 g/mol. The molecular formula is C17H17ClO2. The van der Waals surface area contributed by atoms with Gasteiger partial charge in [0.2, 0.25) is 0 Å². The van der Waals surface area contributed by atoms with Crippen LogP contribution in [0.3, 0.4) is 0 Å². The molecule has 0 heterocycles. The fraction of sp³-hybridized carbons (Fsp3) is 0.235. The first-order chi connectivity index (χ1) is 9.45. The van der Waals surface area contributed by atoms with Crippen molar-refractivity contribution in [2.45, 2.75) is 20.8 Å². The summed E-state index contributed by atoms with van der Waals surface area (Å²) < 4.78 is 5.40. The molecule has 2 nitrogen and oxygen atoms in total. The number of rotatable bonds is 3. The van der Waals surface area contributed by atoms with E-state index in [-0.39, 0.29) is 5.78 Å². The summed E-state index contributed by atoms with van der Waals surface area (Å²) in [6.45, 7) is 5.86. The molecule has 0 aromatic heterocycles. The Kier molecular flexibility index (Phi) is 4.15. The van der Waals surface area contributed by atoms with Gasteiger partial charge in [0.05, 0.1) is 12.7 Å². The monoisotopic (exact) mass is 288 g/mol. The van der Waals surface area contributed by atoms with E-state index >= 15 is 0 Å². The molecule has 0 spiro atoms. The molecule has 0 aliphatic rings. The first-order valence-electron chi connectivity index (χ1n) is 6.40. The molecule has 0 bridgehead atoms. The minimum atomic E-state index is -0.0770. The van der Waals surface area contributed by atoms with Gasteiger partial charge in [-0.15, -0.1) is 0 Å². The summed E-state index contributed by atoms with van der Waals surface area (Å²) in [6.07, 6.45) is 0. The molecule has 2 aromatic carbocycles. The van der Waals surface area contributed by atoms with E-state index in [0.717, 1.165) is 16.7 Å². The number of methoxy groups -OCH3 is 1. The highest BCUT2D eigenvalue weighted by Crippen LogP contribution is 2.29. The van der Waals surface area contributed by atoms with Crippen molar-refractivity contribution in [2.75, 3.05) is 7.11 Å². The van der Waals surface area contributed by atoms with E-state index in [2.05, 4.69) is 0 Å². The zero-order valence-corrected chi connectivity index (χ0v) is 12.8. The quantitative estimate of drug-likeness (QED) is 0.777. The third kappa shape index (κ3) is 2.56. The Morgan fingerprint density at radius 3 is 2.30 bits per heavy atom. The molecule has 0 amide bonds. The van der Waals surface area contributed by atoms with Gasteiger partial charge < -0.3 is 4.74 Å². The third-order valence-corrected chi connectivity index (χ3v) is 3.97. The fourth-order valence-corrected chi connectivity index (χ4v) is 2.30. The van der Waals surface area contributed by atoms with Gasteiger partial charge in [0.15, 0.2) is 5.78 Å². The van der Waals surface area contributed by atoms with Crippen molar-refractivity contribution in [3.05, 3.63) is 63.2 Å². The average Bonchev–Trinajstić information content (AvgIpc) is 2.44. The van der Waals surface area contributed by atoms with Crippen LogP contribution in [0.15, 0.2) is 30.3 Å². The summed E-state index contributed by atoms with van der Waals surface area (Å²) in [6, 6.07) is 9.08. The second kappa shape index (κ2) is 5.68. The first-order valence-corrected chi connectivity index (χ1v) is 6.78. The second-order valence-corrected chi connectivity index (χ2v) is 5.29. The molecular weight excluding hydrogens is 272 g/mol. The summed E-state index contributed by atoms with van der Waals surface area (Å²) in [7, 11) is 1.58. The lowest BCUT2D eigenvalue weighted by Gasteiger charge is -2.13. The zero-order chi connectivity index (χ0) is 14.9. The standard InChI is InChI=1S/C17H17ClO2/c1-10-6-8-14(17(20-4)12(10)3)16(19)13-7-5-11(2)15(18)9-13/h5-9H,1-4H3. The minimum absolute atomic E-state index is 0.0770. The molecule has 2 aromatic rings. The highest BCUT2D eigenvalue weighted by molar-refractivity contribution is 6.32. The lowest BCUT2D eigenvalue weighted by molar-refractivity contribution is 0.103. The largest absolute Gasteiger partial charge is 0.496 e. The second-order valence-electron chi connectivity index (χ2n) is 4.88. The van der Waals surface area contributed by atoms with Crippen LogP contribution in [0, 0.1) is 20.8 Å². The van der Waals surface area contributed by atoms with Gasteiger partial charge in [-0.3, -0.25) is 4.79 Å². The van der Waals surface area contributed by atoms with Crippen LogP contribution >= 0.6 is 11.6 Å². The van der Waals surface area contributed by atoms with Gasteiger partial charge in [0, 0.05) is 10.6 Å². The minimum Gasteiger partial charge on any atom is -0.496 e. The molecule has 0 N–H and O–H groups in total. The summed E-state index contributed by atoms with van der Waals surface area (Å²) >= 11 is 6.09. The van der Waals surface area contributed by atoms with E-state index in [4.69, 9.17) is 16.3 Å². The molecule has 0 aliphatic heterocycles. The van der Waals surface area contributed by atoms with Gasteiger partial charge >= 0.3 is 0 Å². The number of ether oxygens (including phenoxy) is 1. The van der Waals surface area contributed by atoms with Crippen LogP contribution < -0.4 is 4.74 Å². The highest BCUT2D eigenvalue weighted by atomic mass is 35.5. The Morgan fingerprint density at radius 2 is 1.70 bits per heavy atom. The van der Waals surface area contributed by atoms with Gasteiger partial charge in [-0.1, -0.05) is 29.8 Å². The van der Waals surface area contributed by atoms with Gasteiger partial charge in [-0.05, 0) is 49.6 Å². The van der Waals surface area contributed by atoms with E-state index in [1.54, 1.807) is 25.3 Å². The number of halogens is 1. The summed E-state index contributed by atoms with van der Waals surface area (Å²) in [5.74, 6) is 0.554. The van der Waals surface area contributed by atoms with Crippen LogP contribution in [-0.2, 0) is 0 Å². The molecule has 104 valence electrons. The number of carbonyl (C=O) groups is 1. The molecule has 0 atom stereocenters. The summed E-state index contributed by atoms with van der Waals surface area (Å²) in [4.78, 5) is 12.6. The predicted octanol–water partition coefficient (Wildman–Crippen LogP) is 4.50. The van der Waals surface area contributed by atoms with E-state index in [1.165, 1.54) is 0 Å². The topological polar surface area (TPSA) is 26.3 Å². The lowest BCUT2D eigenvalue weighted by Crippen LogP contribution is -2.06. The van der Waals surface area contributed by atoms with Crippen molar-refractivity contribution in [3.8, 4) is 5.75 Å². The van der Waals surface area contributed by atoms with Crippen molar-refractivity contribution < 1.29 is 9.53 Å². The molecule has 0 saturated carbocycles. The zero-order valence-electron chi connectivity index (χ0n) is 12.1. The van der Waals surface area contributed by atoms with Crippen molar-refractivity contribution >= 4 is 17.4 Å². The Labute approximate surface area is 124 Å². The van der Waals surface area contributed by atoms with Crippen LogP contribution in [0.2, 0.25) is 5.02 Å². The first kappa shape index (κ1) is 14.6. The lowest BCUT2D eigenvalue weighted by atomic mass is 9.97. The van der Waals surface area contributed by atoms with Crippen molar-refractivity contribution in [2.24, 2.45) is 0 Å². The maximum Gasteiger partial charge on any atom is 0.196 e. The van der Waals surface area contributed by atoms with Crippen LogP contribution in [-0.4, -0.2) is 12.9 Å². The van der Waals surface area contributed by atoms with Crippen molar-refractivity contribution in [1.82, 2.24) is 0 Å². The van der Waals surface area contributed by atoms with E-state index < -0.39 is 0 Å². The number of hydrogen-bond donors (Lipinski definition) is 0. The fourth-order valence-electron chi connectivity index (χ4n) is 2.12. The number of ketones is 1. The van der Waals surface area contributed by atoms with E-state index in [0.29, 0.717) is 21.9 Å². The van der Waals surface area contributed by atoms with Crippen LogP contribution in [0.5, 0.6) is 5.75 Å². The number of carbonyl (C=O) groups excluding carboxylic acids is 1. The Hall–Kier alpha value is -1.80. The maximum absolute atomic E-state index is 12.6. The maximum atomic E-state index is 12.6. The van der Waals surface area contributed by atoms with E-state index in [1.807, 2.05) is 32.9 Å². The van der Waals surface area contributed by atoms with Crippen molar-refractivity contribution in [3.63, 3.8) is 0 Å². The number of hydrogen-bond acceptors (Lipinski definition) is 2. The SMILES string of the molecule is COc1c(C(=O)c2ccc(C)c(Cl)c2)ccc(C)c1C. The molecule has 20 heavy (non-hydrogen) atoms. The Bertz CT molecular complexity index is 675. The molecule has 0 fully saturated rings. The number of benzene rings is 2. The summed E-state index contributed by atoms with van der Waals surface area (Å²) in [5.41, 5.74) is 4.17.